The minimum Gasteiger partial charge on any atom is -0.298 e. The Balaban J connectivity index is 1.47. The van der Waals surface area contributed by atoms with Crippen molar-refractivity contribution in [3.63, 3.8) is 0 Å². The van der Waals surface area contributed by atoms with E-state index >= 15 is 0 Å². The molecule has 0 radical (unpaired) electrons. The smallest absolute Gasteiger partial charge is 0.0794 e. The van der Waals surface area contributed by atoms with Crippen LogP contribution < -0.4 is 0 Å². The lowest BCUT2D eigenvalue weighted by molar-refractivity contribution is 0.153. The molecule has 2 aliphatic rings. The van der Waals surface area contributed by atoms with Gasteiger partial charge in [0.2, 0.25) is 0 Å². The molecule has 0 amide bonds. The first-order valence-electron chi connectivity index (χ1n) is 7.54. The molecule has 2 heterocycles. The van der Waals surface area contributed by atoms with E-state index in [0.29, 0.717) is 5.41 Å². The van der Waals surface area contributed by atoms with Crippen molar-refractivity contribution in [2.24, 2.45) is 0 Å². The normalized spacial score (nSPS) is 21.2. The molecule has 0 N–H and O–H groups in total. The van der Waals surface area contributed by atoms with Gasteiger partial charge in [-0.3, -0.25) is 9.88 Å². The highest BCUT2D eigenvalue weighted by atomic mass is 32.1. The number of aromatic nitrogens is 1. The molecule has 1 aliphatic heterocycles. The van der Waals surface area contributed by atoms with E-state index < -0.39 is 0 Å². The van der Waals surface area contributed by atoms with E-state index in [9.17, 15) is 0 Å². The van der Waals surface area contributed by atoms with Crippen LogP contribution in [0.4, 0.5) is 0 Å². The van der Waals surface area contributed by atoms with E-state index in [1.165, 1.54) is 43.6 Å². The third kappa shape index (κ3) is 2.09. The highest BCUT2D eigenvalue weighted by molar-refractivity contribution is 7.09. The Labute approximate surface area is 124 Å². The Morgan fingerprint density at radius 1 is 1.15 bits per heavy atom. The molecule has 0 bridgehead atoms. The molecule has 1 aliphatic carbocycles. The quantitative estimate of drug-likeness (QED) is 0.837. The number of aryl methyl sites for hydroxylation is 1. The van der Waals surface area contributed by atoms with Crippen LogP contribution in [0.2, 0.25) is 0 Å². The Bertz CT molecular complexity index is 583. The Kier molecular flexibility index (Phi) is 3.12. The Morgan fingerprint density at radius 3 is 2.80 bits per heavy atom. The second-order valence-electron chi connectivity index (χ2n) is 6.18. The van der Waals surface area contributed by atoms with Crippen LogP contribution in [-0.4, -0.2) is 23.0 Å². The molecule has 2 aromatic rings. The molecular formula is C17H20N2S. The van der Waals surface area contributed by atoms with Crippen LogP contribution >= 0.6 is 11.3 Å². The van der Waals surface area contributed by atoms with Crippen LogP contribution in [-0.2, 0) is 18.4 Å². The average molecular weight is 284 g/mol. The minimum atomic E-state index is 0.487. The van der Waals surface area contributed by atoms with Gasteiger partial charge in [-0.15, -0.1) is 11.3 Å². The largest absolute Gasteiger partial charge is 0.298 e. The van der Waals surface area contributed by atoms with Gasteiger partial charge in [-0.25, -0.2) is 0 Å². The summed E-state index contributed by atoms with van der Waals surface area (Å²) in [6, 6.07) is 9.11. The fourth-order valence-corrected chi connectivity index (χ4v) is 4.60. The lowest BCUT2D eigenvalue weighted by Gasteiger charge is -2.40. The van der Waals surface area contributed by atoms with E-state index in [1.807, 2.05) is 11.7 Å². The molecular weight excluding hydrogens is 264 g/mol. The first-order chi connectivity index (χ1) is 9.86. The van der Waals surface area contributed by atoms with Gasteiger partial charge in [0.05, 0.1) is 5.51 Å². The molecule has 1 aromatic heterocycles. The van der Waals surface area contributed by atoms with Crippen LogP contribution in [0.1, 0.15) is 35.3 Å². The van der Waals surface area contributed by atoms with Crippen LogP contribution in [0.15, 0.2) is 36.0 Å². The lowest BCUT2D eigenvalue weighted by atomic mass is 9.74. The van der Waals surface area contributed by atoms with Crippen LogP contribution in [0.5, 0.6) is 0 Å². The highest BCUT2D eigenvalue weighted by Gasteiger charge is 2.40. The number of benzene rings is 1. The maximum absolute atomic E-state index is 4.18. The predicted molar refractivity (Wildman–Crippen MR) is 83.1 cm³/mol. The third-order valence-electron chi connectivity index (χ3n) is 5.14. The van der Waals surface area contributed by atoms with Crippen molar-refractivity contribution in [2.75, 3.05) is 13.1 Å². The molecule has 0 saturated carbocycles. The highest BCUT2D eigenvalue weighted by Crippen LogP contribution is 2.46. The monoisotopic (exact) mass is 284 g/mol. The number of hydrogen-bond donors (Lipinski definition) is 0. The Hall–Kier alpha value is -1.19. The SMILES string of the molecule is c1ccc2c(c1)CCC21CCN(Cc2cncs2)CC1. The average Bonchev–Trinajstić information content (AvgIpc) is 3.11. The molecule has 1 fully saturated rings. The van der Waals surface area contributed by atoms with Gasteiger partial charge < -0.3 is 0 Å². The van der Waals surface area contributed by atoms with Crippen molar-refractivity contribution in [2.45, 2.75) is 37.6 Å². The predicted octanol–water partition coefficient (Wildman–Crippen LogP) is 3.62. The zero-order chi connectivity index (χ0) is 13.4. The molecule has 1 aromatic carbocycles. The molecule has 20 heavy (non-hydrogen) atoms. The number of rotatable bonds is 2. The summed E-state index contributed by atoms with van der Waals surface area (Å²) >= 11 is 1.78. The minimum absolute atomic E-state index is 0.487. The second-order valence-corrected chi connectivity index (χ2v) is 7.15. The number of likely N-dealkylation sites (tertiary alicyclic amines) is 1. The van der Waals surface area contributed by atoms with E-state index in [1.54, 1.807) is 22.5 Å². The molecule has 3 heteroatoms. The Morgan fingerprint density at radius 2 is 2.00 bits per heavy atom. The molecule has 0 atom stereocenters. The molecule has 0 unspecified atom stereocenters. The van der Waals surface area contributed by atoms with Crippen molar-refractivity contribution >= 4 is 11.3 Å². The summed E-state index contributed by atoms with van der Waals surface area (Å²) in [4.78, 5) is 8.17. The standard InChI is InChI=1S/C17H20N2S/c1-2-4-16-14(3-1)5-6-17(16)7-9-19(10-8-17)12-15-11-18-13-20-15/h1-4,11,13H,5-10,12H2. The van der Waals surface area contributed by atoms with E-state index in [4.69, 9.17) is 0 Å². The van der Waals surface area contributed by atoms with Crippen molar-refractivity contribution < 1.29 is 0 Å². The molecule has 1 spiro atoms. The van der Waals surface area contributed by atoms with Crippen LogP contribution in [0.25, 0.3) is 0 Å². The third-order valence-corrected chi connectivity index (χ3v) is 5.90. The van der Waals surface area contributed by atoms with Gasteiger partial charge in [0.25, 0.3) is 0 Å². The maximum atomic E-state index is 4.18. The van der Waals surface area contributed by atoms with Gasteiger partial charge in [-0.1, -0.05) is 24.3 Å². The van der Waals surface area contributed by atoms with E-state index in [0.717, 1.165) is 6.54 Å². The fourth-order valence-electron chi connectivity index (χ4n) is 3.96. The first kappa shape index (κ1) is 12.5. The van der Waals surface area contributed by atoms with Gasteiger partial charge in [0.1, 0.15) is 0 Å². The maximum Gasteiger partial charge on any atom is 0.0794 e. The number of piperidine rings is 1. The fraction of sp³-hybridized carbons (Fsp3) is 0.471. The number of hydrogen-bond acceptors (Lipinski definition) is 3. The van der Waals surface area contributed by atoms with Crippen LogP contribution in [0.3, 0.4) is 0 Å². The van der Waals surface area contributed by atoms with E-state index in [-0.39, 0.29) is 0 Å². The van der Waals surface area contributed by atoms with Gasteiger partial charge in [0.15, 0.2) is 0 Å². The summed E-state index contributed by atoms with van der Waals surface area (Å²) in [5.41, 5.74) is 5.68. The summed E-state index contributed by atoms with van der Waals surface area (Å²) in [5, 5.41) is 0. The van der Waals surface area contributed by atoms with Gasteiger partial charge >= 0.3 is 0 Å². The summed E-state index contributed by atoms with van der Waals surface area (Å²) in [5.74, 6) is 0. The number of fused-ring (bicyclic) bond motifs is 2. The zero-order valence-corrected chi connectivity index (χ0v) is 12.5. The van der Waals surface area contributed by atoms with Crippen LogP contribution in [0, 0.1) is 0 Å². The molecule has 4 rings (SSSR count). The summed E-state index contributed by atoms with van der Waals surface area (Å²) in [7, 11) is 0. The molecule has 2 nitrogen and oxygen atoms in total. The number of thiazole rings is 1. The van der Waals surface area contributed by atoms with Gasteiger partial charge in [-0.05, 0) is 55.3 Å². The van der Waals surface area contributed by atoms with Crippen molar-refractivity contribution in [1.29, 1.82) is 0 Å². The first-order valence-corrected chi connectivity index (χ1v) is 8.42. The lowest BCUT2D eigenvalue weighted by Crippen LogP contribution is -2.41. The summed E-state index contributed by atoms with van der Waals surface area (Å²) < 4.78 is 0. The van der Waals surface area contributed by atoms with Gasteiger partial charge in [-0.2, -0.15) is 0 Å². The van der Waals surface area contributed by atoms with Gasteiger partial charge in [0, 0.05) is 17.6 Å². The topological polar surface area (TPSA) is 16.1 Å². The molecule has 1 saturated heterocycles. The summed E-state index contributed by atoms with van der Waals surface area (Å²) in [6.07, 6.45) is 7.30. The summed E-state index contributed by atoms with van der Waals surface area (Å²) in [6.45, 7) is 3.54. The van der Waals surface area contributed by atoms with Crippen molar-refractivity contribution in [1.82, 2.24) is 9.88 Å². The van der Waals surface area contributed by atoms with Crippen molar-refractivity contribution in [3.8, 4) is 0 Å². The van der Waals surface area contributed by atoms with E-state index in [2.05, 4.69) is 34.1 Å². The molecule has 104 valence electrons. The second kappa shape index (κ2) is 4.97. The zero-order valence-electron chi connectivity index (χ0n) is 11.7. The number of nitrogens with zero attached hydrogens (tertiary/aromatic N) is 2. The van der Waals surface area contributed by atoms with Crippen molar-refractivity contribution in [3.05, 3.63) is 52.0 Å².